The van der Waals surface area contributed by atoms with Gasteiger partial charge in [-0.25, -0.2) is 4.79 Å². The predicted octanol–water partition coefficient (Wildman–Crippen LogP) is 2.90. The van der Waals surface area contributed by atoms with Gasteiger partial charge in [-0.3, -0.25) is 4.79 Å². The van der Waals surface area contributed by atoms with Crippen LogP contribution in [0.1, 0.15) is 25.6 Å². The summed E-state index contributed by atoms with van der Waals surface area (Å²) in [5.74, 6) is -0.937. The number of thiophene rings is 1. The van der Waals surface area contributed by atoms with Gasteiger partial charge in [0.05, 0.1) is 23.3 Å². The highest BCUT2D eigenvalue weighted by Crippen LogP contribution is 2.22. The minimum absolute atomic E-state index is 0.299. The van der Waals surface area contributed by atoms with E-state index in [2.05, 4.69) is 10.1 Å². The fourth-order valence-electron chi connectivity index (χ4n) is 1.69. The van der Waals surface area contributed by atoms with Crippen LogP contribution in [0.15, 0.2) is 29.6 Å². The van der Waals surface area contributed by atoms with Crippen LogP contribution in [0.3, 0.4) is 0 Å². The number of benzene rings is 1. The molecule has 2 rings (SSSR count). The van der Waals surface area contributed by atoms with Gasteiger partial charge in [-0.15, -0.1) is 11.3 Å². The molecule has 3 N–H and O–H groups in total. The zero-order valence-corrected chi connectivity index (χ0v) is 12.8. The van der Waals surface area contributed by atoms with E-state index < -0.39 is 11.9 Å². The number of carbonyl (C=O) groups excluding carboxylic acids is 2. The number of ether oxygens (including phenoxy) is 1. The van der Waals surface area contributed by atoms with Crippen molar-refractivity contribution in [2.45, 2.75) is 6.54 Å². The van der Waals surface area contributed by atoms with E-state index in [9.17, 15) is 9.59 Å². The smallest absolute Gasteiger partial charge is 0.339 e. The Balaban J connectivity index is 2.09. The van der Waals surface area contributed by atoms with Crippen molar-refractivity contribution in [1.29, 1.82) is 0 Å². The third kappa shape index (κ3) is 3.74. The molecule has 21 heavy (non-hydrogen) atoms. The standard InChI is InChI=1S/C14H13ClN2O3S/c1-20-14(19)11-5-9(2-3-12(11)15)17-6-10-4-8(7-21-10)13(16)18/h2-5,7,17H,6H2,1H3,(H2,16,18). The first kappa shape index (κ1) is 15.3. The summed E-state index contributed by atoms with van der Waals surface area (Å²) in [4.78, 5) is 23.5. The van der Waals surface area contributed by atoms with Crippen molar-refractivity contribution in [2.75, 3.05) is 12.4 Å². The number of rotatable bonds is 5. The molecule has 0 atom stereocenters. The van der Waals surface area contributed by atoms with Gasteiger partial charge >= 0.3 is 5.97 Å². The number of nitrogens with two attached hydrogens (primary N) is 1. The summed E-state index contributed by atoms with van der Waals surface area (Å²) < 4.78 is 4.66. The number of carbonyl (C=O) groups is 2. The Bertz CT molecular complexity index is 685. The summed E-state index contributed by atoms with van der Waals surface area (Å²) >= 11 is 7.38. The number of hydrogen-bond acceptors (Lipinski definition) is 5. The molecular formula is C14H13ClN2O3S. The molecule has 0 aliphatic heterocycles. The van der Waals surface area contributed by atoms with E-state index in [-0.39, 0.29) is 0 Å². The molecule has 1 heterocycles. The van der Waals surface area contributed by atoms with Gasteiger partial charge in [0.1, 0.15) is 0 Å². The lowest BCUT2D eigenvalue weighted by molar-refractivity contribution is 0.0601. The number of amides is 1. The SMILES string of the molecule is COC(=O)c1cc(NCc2cc(C(N)=O)cs2)ccc1Cl. The van der Waals surface area contributed by atoms with Gasteiger partial charge in [0.15, 0.2) is 0 Å². The number of anilines is 1. The van der Waals surface area contributed by atoms with Crippen LogP contribution in [0.4, 0.5) is 5.69 Å². The van der Waals surface area contributed by atoms with Crippen molar-refractivity contribution in [3.63, 3.8) is 0 Å². The zero-order valence-electron chi connectivity index (χ0n) is 11.2. The lowest BCUT2D eigenvalue weighted by Gasteiger charge is -2.08. The highest BCUT2D eigenvalue weighted by Gasteiger charge is 2.11. The van der Waals surface area contributed by atoms with E-state index in [4.69, 9.17) is 17.3 Å². The highest BCUT2D eigenvalue weighted by molar-refractivity contribution is 7.10. The largest absolute Gasteiger partial charge is 0.465 e. The molecule has 1 amide bonds. The van der Waals surface area contributed by atoms with Crippen LogP contribution >= 0.6 is 22.9 Å². The first-order valence-corrected chi connectivity index (χ1v) is 7.26. The van der Waals surface area contributed by atoms with Crippen LogP contribution < -0.4 is 11.1 Å². The molecule has 0 saturated heterocycles. The maximum Gasteiger partial charge on any atom is 0.339 e. The molecule has 0 saturated carbocycles. The average molecular weight is 325 g/mol. The number of esters is 1. The minimum Gasteiger partial charge on any atom is -0.465 e. The summed E-state index contributed by atoms with van der Waals surface area (Å²) in [5, 5.41) is 5.19. The summed E-state index contributed by atoms with van der Waals surface area (Å²) in [6.45, 7) is 0.514. The first-order valence-electron chi connectivity index (χ1n) is 6.00. The lowest BCUT2D eigenvalue weighted by Crippen LogP contribution is -2.09. The zero-order chi connectivity index (χ0) is 15.4. The molecule has 1 aromatic heterocycles. The third-order valence-electron chi connectivity index (χ3n) is 2.78. The van der Waals surface area contributed by atoms with Gasteiger partial charge < -0.3 is 15.8 Å². The van der Waals surface area contributed by atoms with Crippen molar-refractivity contribution in [3.8, 4) is 0 Å². The van der Waals surface area contributed by atoms with Crippen molar-refractivity contribution in [3.05, 3.63) is 50.7 Å². The van der Waals surface area contributed by atoms with Crippen LogP contribution in [-0.4, -0.2) is 19.0 Å². The van der Waals surface area contributed by atoms with Crippen LogP contribution in [0.25, 0.3) is 0 Å². The second kappa shape index (κ2) is 6.60. The van der Waals surface area contributed by atoms with Crippen LogP contribution in [0, 0.1) is 0 Å². The third-order valence-corrected chi connectivity index (χ3v) is 4.04. The molecule has 1 aromatic carbocycles. The van der Waals surface area contributed by atoms with E-state index >= 15 is 0 Å². The highest BCUT2D eigenvalue weighted by atomic mass is 35.5. The second-order valence-electron chi connectivity index (χ2n) is 4.21. The minimum atomic E-state index is -0.490. The van der Waals surface area contributed by atoms with E-state index in [1.807, 2.05) is 0 Å². The van der Waals surface area contributed by atoms with Gasteiger partial charge in [-0.2, -0.15) is 0 Å². The molecule has 2 aromatic rings. The normalized spacial score (nSPS) is 10.2. The van der Waals surface area contributed by atoms with Crippen LogP contribution in [0.2, 0.25) is 5.02 Å². The number of halogens is 1. The maximum absolute atomic E-state index is 11.6. The Morgan fingerprint density at radius 2 is 2.14 bits per heavy atom. The van der Waals surface area contributed by atoms with Crippen molar-refractivity contribution in [2.24, 2.45) is 5.73 Å². The number of hydrogen-bond donors (Lipinski definition) is 2. The molecule has 110 valence electrons. The van der Waals surface area contributed by atoms with Crippen molar-refractivity contribution in [1.82, 2.24) is 0 Å². The Morgan fingerprint density at radius 1 is 1.38 bits per heavy atom. The molecule has 0 aliphatic carbocycles. The van der Waals surface area contributed by atoms with Crippen molar-refractivity contribution < 1.29 is 14.3 Å². The average Bonchev–Trinajstić information content (AvgIpc) is 2.94. The molecule has 0 aliphatic rings. The summed E-state index contributed by atoms with van der Waals surface area (Å²) in [7, 11) is 1.30. The number of nitrogens with one attached hydrogen (secondary N) is 1. The molecule has 0 radical (unpaired) electrons. The van der Waals surface area contributed by atoms with E-state index in [0.717, 1.165) is 10.6 Å². The van der Waals surface area contributed by atoms with Gasteiger partial charge in [-0.05, 0) is 24.3 Å². The first-order chi connectivity index (χ1) is 10.0. The van der Waals surface area contributed by atoms with Gasteiger partial charge in [0.25, 0.3) is 0 Å². The molecule has 0 bridgehead atoms. The van der Waals surface area contributed by atoms with Gasteiger partial charge in [0, 0.05) is 22.5 Å². The van der Waals surface area contributed by atoms with Crippen LogP contribution in [-0.2, 0) is 11.3 Å². The van der Waals surface area contributed by atoms with E-state index in [0.29, 0.717) is 22.7 Å². The molecule has 5 nitrogen and oxygen atoms in total. The van der Waals surface area contributed by atoms with Crippen molar-refractivity contribution >= 4 is 40.5 Å². The fraction of sp³-hybridized carbons (Fsp3) is 0.143. The Kier molecular flexibility index (Phi) is 4.82. The summed E-state index contributed by atoms with van der Waals surface area (Å²) in [6.07, 6.45) is 0. The summed E-state index contributed by atoms with van der Waals surface area (Å²) in [6, 6.07) is 6.74. The predicted molar refractivity (Wildman–Crippen MR) is 83.0 cm³/mol. The lowest BCUT2D eigenvalue weighted by atomic mass is 10.2. The Labute approximate surface area is 130 Å². The molecular weight excluding hydrogens is 312 g/mol. The Morgan fingerprint density at radius 3 is 2.76 bits per heavy atom. The van der Waals surface area contributed by atoms with E-state index in [1.54, 1.807) is 29.6 Å². The maximum atomic E-state index is 11.6. The number of methoxy groups -OCH3 is 1. The summed E-state index contributed by atoms with van der Waals surface area (Å²) in [5.41, 5.74) is 6.72. The van der Waals surface area contributed by atoms with Gasteiger partial charge in [0.2, 0.25) is 5.91 Å². The molecule has 0 spiro atoms. The second-order valence-corrected chi connectivity index (χ2v) is 5.61. The molecule has 0 fully saturated rings. The van der Waals surface area contributed by atoms with Gasteiger partial charge in [-0.1, -0.05) is 11.6 Å². The quantitative estimate of drug-likeness (QED) is 0.829. The monoisotopic (exact) mass is 324 g/mol. The molecule has 7 heteroatoms. The fourth-order valence-corrected chi connectivity index (χ4v) is 2.70. The molecule has 0 unspecified atom stereocenters. The van der Waals surface area contributed by atoms with E-state index in [1.165, 1.54) is 18.4 Å². The topological polar surface area (TPSA) is 81.4 Å². The Hall–Kier alpha value is -2.05. The number of primary amides is 1. The van der Waals surface area contributed by atoms with Crippen LogP contribution in [0.5, 0.6) is 0 Å².